The molecule has 1 saturated carbocycles. The minimum atomic E-state index is 0.310. The SMILES string of the molecule is C[C@H]1CC[CH][C@@H](C2CCCC2)N1c1cc(-c2ccc3c(N)n[nH]c3c2)nc(N)n1. The first-order valence-corrected chi connectivity index (χ1v) is 10.6. The van der Waals surface area contributed by atoms with E-state index >= 15 is 0 Å². The van der Waals surface area contributed by atoms with E-state index in [0.717, 1.165) is 34.4 Å². The lowest BCUT2D eigenvalue weighted by molar-refractivity contribution is 0.363. The van der Waals surface area contributed by atoms with E-state index in [2.05, 4.69) is 44.5 Å². The molecule has 3 heterocycles. The first-order valence-electron chi connectivity index (χ1n) is 10.6. The van der Waals surface area contributed by atoms with Crippen LogP contribution in [0.25, 0.3) is 22.2 Å². The highest BCUT2D eigenvalue weighted by atomic mass is 15.3. The van der Waals surface area contributed by atoms with E-state index in [0.29, 0.717) is 29.8 Å². The molecule has 7 heteroatoms. The van der Waals surface area contributed by atoms with Crippen molar-refractivity contribution in [1.29, 1.82) is 0 Å². The van der Waals surface area contributed by atoms with Crippen molar-refractivity contribution in [1.82, 2.24) is 20.2 Å². The minimum absolute atomic E-state index is 0.310. The summed E-state index contributed by atoms with van der Waals surface area (Å²) < 4.78 is 0. The van der Waals surface area contributed by atoms with Gasteiger partial charge in [-0.2, -0.15) is 10.1 Å². The fourth-order valence-corrected chi connectivity index (χ4v) is 5.08. The van der Waals surface area contributed by atoms with Crippen molar-refractivity contribution in [3.8, 4) is 11.3 Å². The number of hydrogen-bond acceptors (Lipinski definition) is 6. The molecular formula is C22H28N7. The summed E-state index contributed by atoms with van der Waals surface area (Å²) in [6.45, 7) is 2.30. The third-order valence-corrected chi connectivity index (χ3v) is 6.55. The fraction of sp³-hybridized carbons (Fsp3) is 0.455. The lowest BCUT2D eigenvalue weighted by Crippen LogP contribution is -2.49. The first kappa shape index (κ1) is 18.2. The molecule has 5 rings (SSSR count). The number of nitrogen functional groups attached to an aromatic ring is 2. The standard InChI is InChI=1S/C22H28N7/c1-13-5-4-8-19(14-6-2-3-7-14)29(13)20-12-17(25-22(24)26-20)15-9-10-16-18(11-15)27-28-21(16)23/h8-14,19H,2-7H2,1H3,(H3,23,27,28)(H2,24,25,26)/t13-,19-/m0/s1. The number of nitrogens with zero attached hydrogens (tertiary/aromatic N) is 4. The molecular weight excluding hydrogens is 362 g/mol. The summed E-state index contributed by atoms with van der Waals surface area (Å²) >= 11 is 0. The highest BCUT2D eigenvalue weighted by Crippen LogP contribution is 2.39. The molecule has 3 aromatic rings. The Bertz CT molecular complexity index is 1020. The van der Waals surface area contributed by atoms with Gasteiger partial charge in [0.1, 0.15) is 5.82 Å². The Morgan fingerprint density at radius 2 is 1.90 bits per heavy atom. The molecule has 2 fully saturated rings. The molecule has 0 amide bonds. The predicted molar refractivity (Wildman–Crippen MR) is 117 cm³/mol. The summed E-state index contributed by atoms with van der Waals surface area (Å²) in [5.74, 6) is 2.45. The molecule has 0 unspecified atom stereocenters. The van der Waals surface area contributed by atoms with E-state index in [1.165, 1.54) is 32.1 Å². The zero-order valence-corrected chi connectivity index (χ0v) is 16.8. The van der Waals surface area contributed by atoms with Gasteiger partial charge in [-0.3, -0.25) is 5.10 Å². The van der Waals surface area contributed by atoms with Gasteiger partial charge in [0.05, 0.1) is 11.2 Å². The van der Waals surface area contributed by atoms with Crippen molar-refractivity contribution in [3.63, 3.8) is 0 Å². The van der Waals surface area contributed by atoms with Crippen LogP contribution in [0, 0.1) is 12.3 Å². The zero-order chi connectivity index (χ0) is 20.0. The van der Waals surface area contributed by atoms with E-state index in [-0.39, 0.29) is 0 Å². The van der Waals surface area contributed by atoms with Crippen molar-refractivity contribution in [2.45, 2.75) is 57.5 Å². The van der Waals surface area contributed by atoms with Crippen LogP contribution >= 0.6 is 0 Å². The van der Waals surface area contributed by atoms with Crippen LogP contribution in [0.2, 0.25) is 0 Å². The van der Waals surface area contributed by atoms with Crippen molar-refractivity contribution >= 4 is 28.5 Å². The molecule has 7 nitrogen and oxygen atoms in total. The number of aromatic amines is 1. The number of anilines is 3. The molecule has 0 bridgehead atoms. The Morgan fingerprint density at radius 1 is 1.07 bits per heavy atom. The average Bonchev–Trinajstić information content (AvgIpc) is 3.37. The van der Waals surface area contributed by atoms with Crippen LogP contribution in [0.3, 0.4) is 0 Å². The van der Waals surface area contributed by atoms with Crippen molar-refractivity contribution < 1.29 is 0 Å². The van der Waals surface area contributed by atoms with Gasteiger partial charge in [0.2, 0.25) is 5.95 Å². The van der Waals surface area contributed by atoms with Gasteiger partial charge in [-0.1, -0.05) is 18.9 Å². The number of hydrogen-bond donors (Lipinski definition) is 3. The molecule has 29 heavy (non-hydrogen) atoms. The Labute approximate surface area is 170 Å². The molecule has 2 aliphatic rings. The van der Waals surface area contributed by atoms with E-state index in [4.69, 9.17) is 11.5 Å². The van der Waals surface area contributed by atoms with E-state index < -0.39 is 0 Å². The van der Waals surface area contributed by atoms with Crippen LogP contribution in [0.1, 0.15) is 45.4 Å². The molecule has 2 aromatic heterocycles. The lowest BCUT2D eigenvalue weighted by Gasteiger charge is -2.44. The van der Waals surface area contributed by atoms with Crippen LogP contribution < -0.4 is 16.4 Å². The van der Waals surface area contributed by atoms with E-state index in [9.17, 15) is 0 Å². The van der Waals surface area contributed by atoms with Gasteiger partial charge in [0.25, 0.3) is 0 Å². The number of nitrogens with two attached hydrogens (primary N) is 2. The summed E-state index contributed by atoms with van der Waals surface area (Å²) in [6.07, 6.45) is 10.1. The molecule has 1 saturated heterocycles. The Morgan fingerprint density at radius 3 is 2.72 bits per heavy atom. The number of nitrogens with one attached hydrogen (secondary N) is 1. The second-order valence-corrected chi connectivity index (χ2v) is 8.44. The Hall–Kier alpha value is -2.83. The normalized spacial score (nSPS) is 23.1. The number of aromatic nitrogens is 4. The van der Waals surface area contributed by atoms with Gasteiger partial charge in [-0.05, 0) is 57.1 Å². The number of benzene rings is 1. The quantitative estimate of drug-likeness (QED) is 0.625. The third kappa shape index (κ3) is 3.28. The molecule has 0 spiro atoms. The van der Waals surface area contributed by atoms with Gasteiger partial charge in [0.15, 0.2) is 5.82 Å². The number of fused-ring (bicyclic) bond motifs is 1. The number of rotatable bonds is 3. The van der Waals surface area contributed by atoms with Crippen LogP contribution in [0.4, 0.5) is 17.6 Å². The summed E-state index contributed by atoms with van der Waals surface area (Å²) in [4.78, 5) is 11.7. The van der Waals surface area contributed by atoms with Crippen LogP contribution in [0.5, 0.6) is 0 Å². The van der Waals surface area contributed by atoms with Crippen molar-refractivity contribution in [2.75, 3.05) is 16.4 Å². The van der Waals surface area contributed by atoms with Gasteiger partial charge >= 0.3 is 0 Å². The topological polar surface area (TPSA) is 110 Å². The smallest absolute Gasteiger partial charge is 0.222 e. The highest BCUT2D eigenvalue weighted by Gasteiger charge is 2.36. The van der Waals surface area contributed by atoms with Crippen molar-refractivity contribution in [2.24, 2.45) is 5.92 Å². The van der Waals surface area contributed by atoms with Crippen LogP contribution in [-0.4, -0.2) is 32.2 Å². The van der Waals surface area contributed by atoms with Crippen molar-refractivity contribution in [3.05, 3.63) is 30.7 Å². The highest BCUT2D eigenvalue weighted by molar-refractivity contribution is 5.91. The van der Waals surface area contributed by atoms with Gasteiger partial charge in [-0.15, -0.1) is 0 Å². The van der Waals surface area contributed by atoms with Crippen LogP contribution in [0.15, 0.2) is 24.3 Å². The maximum atomic E-state index is 6.17. The van der Waals surface area contributed by atoms with E-state index in [1.54, 1.807) is 0 Å². The average molecular weight is 391 g/mol. The summed E-state index contributed by atoms with van der Waals surface area (Å²) in [5.41, 5.74) is 14.8. The van der Waals surface area contributed by atoms with Crippen LogP contribution in [-0.2, 0) is 0 Å². The molecule has 151 valence electrons. The summed E-state index contributed by atoms with van der Waals surface area (Å²) in [5, 5.41) is 7.98. The molecule has 1 aliphatic carbocycles. The van der Waals surface area contributed by atoms with E-state index in [1.807, 2.05) is 18.2 Å². The van der Waals surface area contributed by atoms with Gasteiger partial charge < -0.3 is 16.4 Å². The number of H-pyrrole nitrogens is 1. The monoisotopic (exact) mass is 390 g/mol. The van der Waals surface area contributed by atoms with Gasteiger partial charge in [0, 0.05) is 29.1 Å². The van der Waals surface area contributed by atoms with Gasteiger partial charge in [-0.25, -0.2) is 4.98 Å². The largest absolute Gasteiger partial charge is 0.382 e. The minimum Gasteiger partial charge on any atom is -0.382 e. The summed E-state index contributed by atoms with van der Waals surface area (Å²) in [6, 6.07) is 8.94. The fourth-order valence-electron chi connectivity index (χ4n) is 5.08. The Balaban J connectivity index is 1.55. The maximum Gasteiger partial charge on any atom is 0.222 e. The molecule has 5 N–H and O–H groups in total. The third-order valence-electron chi connectivity index (χ3n) is 6.55. The maximum absolute atomic E-state index is 6.17. The predicted octanol–water partition coefficient (Wildman–Crippen LogP) is 3.94. The molecule has 1 aliphatic heterocycles. The number of piperidine rings is 1. The molecule has 1 aromatic carbocycles. The second-order valence-electron chi connectivity index (χ2n) is 8.44. The second kappa shape index (κ2) is 7.21. The zero-order valence-electron chi connectivity index (χ0n) is 16.8. The molecule has 2 atom stereocenters. The first-order chi connectivity index (χ1) is 14.1. The molecule has 1 radical (unpaired) electrons. The lowest BCUT2D eigenvalue weighted by atomic mass is 9.86. The summed E-state index contributed by atoms with van der Waals surface area (Å²) in [7, 11) is 0. The Kier molecular flexibility index (Phi) is 4.53.